The molecule has 1 N–H and O–H groups in total. The molecule has 1 amide bonds. The average molecular weight is 445 g/mol. The molecule has 33 heavy (non-hydrogen) atoms. The van der Waals surface area contributed by atoms with E-state index in [-0.39, 0.29) is 11.3 Å². The van der Waals surface area contributed by atoms with Gasteiger partial charge in [-0.25, -0.2) is 4.39 Å². The number of benzene rings is 3. The summed E-state index contributed by atoms with van der Waals surface area (Å²) in [5, 5.41) is 11.4. The Morgan fingerprint density at radius 1 is 0.939 bits per heavy atom. The molecule has 168 valence electrons. The fourth-order valence-electron chi connectivity index (χ4n) is 4.30. The maximum absolute atomic E-state index is 13.6. The summed E-state index contributed by atoms with van der Waals surface area (Å²) in [5.74, 6) is -1.62. The van der Waals surface area contributed by atoms with Crippen molar-refractivity contribution in [1.82, 2.24) is 0 Å². The van der Waals surface area contributed by atoms with Crippen molar-refractivity contribution in [1.29, 1.82) is 0 Å². The van der Waals surface area contributed by atoms with Crippen LogP contribution in [0.4, 0.5) is 10.1 Å². The molecule has 1 aliphatic heterocycles. The van der Waals surface area contributed by atoms with Crippen LogP contribution in [0.5, 0.6) is 5.75 Å². The molecule has 0 bridgehead atoms. The molecule has 0 spiro atoms. The van der Waals surface area contributed by atoms with Gasteiger partial charge in [0.1, 0.15) is 17.3 Å². The number of amides is 1. The van der Waals surface area contributed by atoms with Crippen molar-refractivity contribution in [2.24, 2.45) is 0 Å². The van der Waals surface area contributed by atoms with Gasteiger partial charge in [0, 0.05) is 11.3 Å². The molecule has 1 fully saturated rings. The highest BCUT2D eigenvalue weighted by molar-refractivity contribution is 6.51. The van der Waals surface area contributed by atoms with Crippen LogP contribution in [-0.2, 0) is 9.59 Å². The molecule has 4 rings (SSSR count). The molecule has 1 unspecified atom stereocenters. The lowest BCUT2D eigenvalue weighted by Gasteiger charge is -2.26. The van der Waals surface area contributed by atoms with E-state index >= 15 is 0 Å². The maximum atomic E-state index is 13.6. The molecule has 0 aliphatic carbocycles. The number of ether oxygens (including phenoxy) is 1. The molecule has 1 aliphatic rings. The number of aliphatic hydroxyl groups is 1. The lowest BCUT2D eigenvalue weighted by molar-refractivity contribution is -0.132. The Morgan fingerprint density at radius 2 is 1.61 bits per heavy atom. The summed E-state index contributed by atoms with van der Waals surface area (Å²) in [4.78, 5) is 27.8. The van der Waals surface area contributed by atoms with Gasteiger partial charge in [0.15, 0.2) is 0 Å². The van der Waals surface area contributed by atoms with Crippen LogP contribution in [0.2, 0.25) is 0 Å². The zero-order chi connectivity index (χ0) is 23.9. The standard InChI is InChI=1S/C27H24FNO4/c1-15-7-5-6-8-20(15)24-23(25(30)21-13-17(3)22(33-4)14-16(21)2)26(31)27(32)29(24)19-11-9-18(28)10-12-19/h5-14,24,30H,1-4H3/b25-23+. The van der Waals surface area contributed by atoms with E-state index in [1.165, 1.54) is 29.2 Å². The number of anilines is 1. The number of rotatable bonds is 4. The van der Waals surface area contributed by atoms with Crippen molar-refractivity contribution in [2.75, 3.05) is 12.0 Å². The Labute approximate surface area is 191 Å². The molecule has 5 nitrogen and oxygen atoms in total. The first-order valence-electron chi connectivity index (χ1n) is 10.5. The molecule has 1 atom stereocenters. The fourth-order valence-corrected chi connectivity index (χ4v) is 4.30. The Hall–Kier alpha value is -3.93. The van der Waals surface area contributed by atoms with Crippen LogP contribution in [0, 0.1) is 26.6 Å². The highest BCUT2D eigenvalue weighted by atomic mass is 19.1. The third-order valence-corrected chi connectivity index (χ3v) is 6.03. The van der Waals surface area contributed by atoms with Gasteiger partial charge in [0.25, 0.3) is 11.7 Å². The Balaban J connectivity index is 1.99. The average Bonchev–Trinajstić information content (AvgIpc) is 3.06. The molecular weight excluding hydrogens is 421 g/mol. The number of carbonyl (C=O) groups excluding carboxylic acids is 2. The van der Waals surface area contributed by atoms with E-state index in [0.717, 1.165) is 11.1 Å². The van der Waals surface area contributed by atoms with Crippen molar-refractivity contribution >= 4 is 23.1 Å². The van der Waals surface area contributed by atoms with Gasteiger partial charge in [0.2, 0.25) is 0 Å². The zero-order valence-corrected chi connectivity index (χ0v) is 18.8. The number of aliphatic hydroxyl groups excluding tert-OH is 1. The SMILES string of the molecule is COc1cc(C)c(/C(O)=C2\C(=O)C(=O)N(c3ccc(F)cc3)C2c2ccccc2C)cc1C. The summed E-state index contributed by atoms with van der Waals surface area (Å²) in [6, 6.07) is 15.4. The molecule has 6 heteroatoms. The van der Waals surface area contributed by atoms with Crippen molar-refractivity contribution in [3.8, 4) is 5.75 Å². The summed E-state index contributed by atoms with van der Waals surface area (Å²) in [6.07, 6.45) is 0. The summed E-state index contributed by atoms with van der Waals surface area (Å²) in [6.45, 7) is 5.52. The van der Waals surface area contributed by atoms with Crippen molar-refractivity contribution < 1.29 is 23.8 Å². The third-order valence-electron chi connectivity index (χ3n) is 6.03. The van der Waals surface area contributed by atoms with Gasteiger partial charge in [0.05, 0.1) is 18.7 Å². The van der Waals surface area contributed by atoms with Gasteiger partial charge in [-0.15, -0.1) is 0 Å². The van der Waals surface area contributed by atoms with Gasteiger partial charge < -0.3 is 9.84 Å². The molecule has 3 aromatic carbocycles. The largest absolute Gasteiger partial charge is 0.507 e. The van der Waals surface area contributed by atoms with Crippen LogP contribution in [0.25, 0.3) is 5.76 Å². The number of hydrogen-bond donors (Lipinski definition) is 1. The van der Waals surface area contributed by atoms with Crippen LogP contribution in [0.3, 0.4) is 0 Å². The van der Waals surface area contributed by atoms with E-state index < -0.39 is 23.5 Å². The first-order valence-corrected chi connectivity index (χ1v) is 10.5. The topological polar surface area (TPSA) is 66.8 Å². The second-order valence-corrected chi connectivity index (χ2v) is 8.14. The van der Waals surface area contributed by atoms with Gasteiger partial charge >= 0.3 is 0 Å². The first kappa shape index (κ1) is 22.3. The second-order valence-electron chi connectivity index (χ2n) is 8.14. The predicted molar refractivity (Wildman–Crippen MR) is 125 cm³/mol. The van der Waals surface area contributed by atoms with E-state index in [9.17, 15) is 19.1 Å². The number of carbonyl (C=O) groups is 2. The number of hydrogen-bond acceptors (Lipinski definition) is 4. The molecule has 0 aromatic heterocycles. The molecule has 1 heterocycles. The summed E-state index contributed by atoms with van der Waals surface area (Å²) in [5.41, 5.74) is 3.84. The Bertz CT molecular complexity index is 1290. The predicted octanol–water partition coefficient (Wildman–Crippen LogP) is 5.39. The Morgan fingerprint density at radius 3 is 2.24 bits per heavy atom. The van der Waals surface area contributed by atoms with Crippen molar-refractivity contribution in [3.05, 3.63) is 99.9 Å². The third kappa shape index (κ3) is 3.78. The number of aryl methyl sites for hydroxylation is 3. The first-order chi connectivity index (χ1) is 15.7. The highest BCUT2D eigenvalue weighted by Gasteiger charge is 2.47. The van der Waals surface area contributed by atoms with E-state index in [2.05, 4.69) is 0 Å². The highest BCUT2D eigenvalue weighted by Crippen LogP contribution is 2.43. The van der Waals surface area contributed by atoms with Crippen LogP contribution in [0.1, 0.15) is 33.9 Å². The summed E-state index contributed by atoms with van der Waals surface area (Å²) in [7, 11) is 1.56. The maximum Gasteiger partial charge on any atom is 0.300 e. The van der Waals surface area contributed by atoms with Crippen LogP contribution in [-0.4, -0.2) is 23.9 Å². The smallest absolute Gasteiger partial charge is 0.300 e. The minimum absolute atomic E-state index is 0.00806. The van der Waals surface area contributed by atoms with Gasteiger partial charge in [-0.1, -0.05) is 24.3 Å². The summed E-state index contributed by atoms with van der Waals surface area (Å²) < 4.78 is 18.9. The van der Waals surface area contributed by atoms with E-state index in [1.807, 2.05) is 38.1 Å². The van der Waals surface area contributed by atoms with Crippen LogP contribution < -0.4 is 9.64 Å². The van der Waals surface area contributed by atoms with Gasteiger partial charge in [-0.05, 0) is 79.4 Å². The second kappa shape index (κ2) is 8.54. The molecular formula is C27H24FNO4. The fraction of sp³-hybridized carbons (Fsp3) is 0.185. The monoisotopic (exact) mass is 445 g/mol. The molecule has 3 aromatic rings. The van der Waals surface area contributed by atoms with Crippen molar-refractivity contribution in [2.45, 2.75) is 26.8 Å². The zero-order valence-electron chi connectivity index (χ0n) is 18.8. The van der Waals surface area contributed by atoms with E-state index in [0.29, 0.717) is 28.1 Å². The minimum atomic E-state index is -0.863. The number of methoxy groups -OCH3 is 1. The molecule has 0 radical (unpaired) electrons. The number of nitrogens with zero attached hydrogens (tertiary/aromatic N) is 1. The summed E-state index contributed by atoms with van der Waals surface area (Å²) >= 11 is 0. The van der Waals surface area contributed by atoms with E-state index in [4.69, 9.17) is 4.74 Å². The van der Waals surface area contributed by atoms with Crippen LogP contribution >= 0.6 is 0 Å². The Kier molecular flexibility index (Phi) is 5.77. The lowest BCUT2D eigenvalue weighted by atomic mass is 9.91. The number of ketones is 1. The quantitative estimate of drug-likeness (QED) is 0.332. The van der Waals surface area contributed by atoms with Crippen LogP contribution in [0.15, 0.2) is 66.2 Å². The normalized spacial score (nSPS) is 17.5. The van der Waals surface area contributed by atoms with Gasteiger partial charge in [-0.3, -0.25) is 14.5 Å². The lowest BCUT2D eigenvalue weighted by Crippen LogP contribution is -2.29. The number of halogens is 1. The molecule has 1 saturated heterocycles. The minimum Gasteiger partial charge on any atom is -0.507 e. The molecule has 0 saturated carbocycles. The van der Waals surface area contributed by atoms with E-state index in [1.54, 1.807) is 26.2 Å². The van der Waals surface area contributed by atoms with Crippen molar-refractivity contribution in [3.63, 3.8) is 0 Å². The van der Waals surface area contributed by atoms with Gasteiger partial charge in [-0.2, -0.15) is 0 Å². The number of Topliss-reactive ketones (excluding diaryl/α,β-unsaturated/α-hetero) is 1.